The van der Waals surface area contributed by atoms with Gasteiger partial charge in [-0.2, -0.15) is 9.84 Å². The largest absolute Gasteiger partial charge is 0.385 e. The van der Waals surface area contributed by atoms with Crippen molar-refractivity contribution in [2.75, 3.05) is 29.2 Å². The number of pyridine rings is 1. The first-order valence-corrected chi connectivity index (χ1v) is 14.7. The van der Waals surface area contributed by atoms with E-state index in [4.69, 9.17) is 13.4 Å². The molecule has 3 amide bonds. The summed E-state index contributed by atoms with van der Waals surface area (Å²) >= 11 is 0. The second-order valence-corrected chi connectivity index (χ2v) is 11.1. The summed E-state index contributed by atoms with van der Waals surface area (Å²) in [6.45, 7) is 3.08. The third kappa shape index (κ3) is 5.95. The number of carbonyl (C=O) groups is 3. The Balaban J connectivity index is 1.33. The molecule has 0 unspecified atom stereocenters. The van der Waals surface area contributed by atoms with Crippen molar-refractivity contribution in [1.82, 2.24) is 19.5 Å². The number of aromatic nitrogens is 4. The molecule has 0 radical (unpaired) electrons. The normalized spacial score (nSPS) is 15.1. The summed E-state index contributed by atoms with van der Waals surface area (Å²) in [6, 6.07) is 15.4. The zero-order chi connectivity index (χ0) is 35.9. The monoisotopic (exact) mass is 638 g/mol. The predicted molar refractivity (Wildman–Crippen MR) is 175 cm³/mol. The topological polar surface area (TPSA) is 154 Å². The maximum Gasteiger partial charge on any atom is 0.290 e. The Labute approximate surface area is 274 Å². The Morgan fingerprint density at radius 3 is 2.49 bits per heavy atom. The van der Waals surface area contributed by atoms with Crippen LogP contribution in [0.15, 0.2) is 76.2 Å². The van der Waals surface area contributed by atoms with Gasteiger partial charge in [0.25, 0.3) is 23.3 Å². The van der Waals surface area contributed by atoms with Gasteiger partial charge in [-0.1, -0.05) is 18.2 Å². The van der Waals surface area contributed by atoms with Gasteiger partial charge in [-0.3, -0.25) is 23.9 Å². The number of ether oxygens (including phenoxy) is 1. The number of carbonyl (C=O) groups excluding carboxylic acids is 3. The molecule has 4 heterocycles. The second kappa shape index (κ2) is 12.5. The van der Waals surface area contributed by atoms with Gasteiger partial charge < -0.3 is 24.8 Å². The van der Waals surface area contributed by atoms with Crippen LogP contribution in [0.4, 0.5) is 17.2 Å². The number of methoxy groups -OCH3 is 1. The number of fused-ring (bicyclic) bond motifs is 1. The average Bonchev–Trinajstić information content (AvgIpc) is 3.67. The van der Waals surface area contributed by atoms with Crippen molar-refractivity contribution < 1.29 is 27.8 Å². The van der Waals surface area contributed by atoms with Crippen molar-refractivity contribution in [3.63, 3.8) is 0 Å². The van der Waals surface area contributed by atoms with Crippen LogP contribution in [0.25, 0.3) is 11.1 Å². The van der Waals surface area contributed by atoms with E-state index in [9.17, 15) is 19.2 Å². The van der Waals surface area contributed by atoms with Crippen molar-refractivity contribution in [3.05, 3.63) is 111 Å². The van der Waals surface area contributed by atoms with E-state index in [1.807, 2.05) is 0 Å². The van der Waals surface area contributed by atoms with Gasteiger partial charge in [0, 0.05) is 73.8 Å². The zero-order valence-corrected chi connectivity index (χ0v) is 26.0. The molecule has 0 bridgehead atoms. The number of hydrogen-bond donors (Lipinski definition) is 2. The Morgan fingerprint density at radius 2 is 1.81 bits per heavy atom. The standard InChI is InChI=1S/C34H33N7O6/c1-19-17-25-29(30(35-19)32(43)36-23-8-6-7-22(18-23)31(42)37-27-13-15-39(3)38-27)26(14-16-46-5)41(33(25)44)24-11-9-21(10-12-24)28-20(2)47-40(4)34(28)45/h6-13,15,17-18,26H,14,16H2,1-5H3,(H,36,43)(H,37,38,42)/t26-/m0/s1/i5D3. The fraction of sp³-hybridized carbons (Fsp3) is 0.235. The number of nitrogens with zero attached hydrogens (tertiary/aromatic N) is 5. The summed E-state index contributed by atoms with van der Waals surface area (Å²) in [6.07, 6.45) is 1.71. The molecule has 2 N–H and O–H groups in total. The number of aryl methyl sites for hydroxylation is 4. The lowest BCUT2D eigenvalue weighted by Crippen LogP contribution is -2.29. The number of anilines is 3. The molecule has 1 atom stereocenters. The van der Waals surface area contributed by atoms with E-state index in [0.717, 1.165) is 4.74 Å². The third-order valence-electron chi connectivity index (χ3n) is 7.89. The molecule has 3 aromatic heterocycles. The van der Waals surface area contributed by atoms with E-state index in [2.05, 4.69) is 20.7 Å². The SMILES string of the molecule is [2H]C([2H])([2H])OCC[C@H]1c2c(cc(C)nc2C(=O)Nc2cccc(C(=O)Nc3ccn(C)n3)c2)C(=O)N1c1ccc(-c2c(C)on(C)c2=O)cc1. The van der Waals surface area contributed by atoms with Crippen LogP contribution in [0, 0.1) is 13.8 Å². The maximum absolute atomic E-state index is 14.1. The minimum absolute atomic E-state index is 0.0223. The van der Waals surface area contributed by atoms with Crippen molar-refractivity contribution in [2.24, 2.45) is 14.1 Å². The lowest BCUT2D eigenvalue weighted by atomic mass is 9.98. The lowest BCUT2D eigenvalue weighted by molar-refractivity contribution is 0.0983. The molecular formula is C34H33N7O6. The fourth-order valence-electron chi connectivity index (χ4n) is 5.83. The van der Waals surface area contributed by atoms with Crippen LogP contribution < -0.4 is 21.1 Å². The summed E-state index contributed by atoms with van der Waals surface area (Å²) in [5.74, 6) is -0.685. The highest BCUT2D eigenvalue weighted by Gasteiger charge is 2.41. The summed E-state index contributed by atoms with van der Waals surface area (Å²) in [5, 5.41) is 9.64. The molecule has 0 saturated carbocycles. The van der Waals surface area contributed by atoms with E-state index < -0.39 is 30.8 Å². The van der Waals surface area contributed by atoms with Crippen molar-refractivity contribution >= 4 is 34.9 Å². The van der Waals surface area contributed by atoms with Crippen LogP contribution in [0.5, 0.6) is 0 Å². The number of rotatable bonds is 9. The number of benzene rings is 2. The van der Waals surface area contributed by atoms with Crippen LogP contribution >= 0.6 is 0 Å². The van der Waals surface area contributed by atoms with Crippen molar-refractivity contribution in [1.29, 1.82) is 0 Å². The van der Waals surface area contributed by atoms with Crippen LogP contribution in [0.3, 0.4) is 0 Å². The van der Waals surface area contributed by atoms with E-state index in [1.165, 1.54) is 18.0 Å². The Kier molecular flexibility index (Phi) is 7.32. The third-order valence-corrected chi connectivity index (χ3v) is 7.89. The Morgan fingerprint density at radius 1 is 1.02 bits per heavy atom. The Bertz CT molecular complexity index is 2190. The van der Waals surface area contributed by atoms with Crippen LogP contribution in [0.2, 0.25) is 0 Å². The molecule has 6 rings (SSSR count). The molecule has 2 aromatic carbocycles. The van der Waals surface area contributed by atoms with Gasteiger partial charge in [0.1, 0.15) is 11.5 Å². The van der Waals surface area contributed by atoms with Crippen LogP contribution in [-0.4, -0.2) is 50.9 Å². The number of hydrogen-bond acceptors (Lipinski definition) is 8. The molecule has 47 heavy (non-hydrogen) atoms. The maximum atomic E-state index is 14.1. The summed E-state index contributed by atoms with van der Waals surface area (Å²) in [4.78, 5) is 59.5. The summed E-state index contributed by atoms with van der Waals surface area (Å²) in [5.41, 5.74) is 2.59. The number of nitrogens with one attached hydrogen (secondary N) is 2. The van der Waals surface area contributed by atoms with E-state index in [-0.39, 0.29) is 35.4 Å². The summed E-state index contributed by atoms with van der Waals surface area (Å²) in [7, 11) is 0.565. The molecule has 0 saturated heterocycles. The smallest absolute Gasteiger partial charge is 0.290 e. The first-order chi connectivity index (χ1) is 23.7. The minimum atomic E-state index is -2.67. The highest BCUT2D eigenvalue weighted by atomic mass is 16.5. The van der Waals surface area contributed by atoms with Gasteiger partial charge in [0.15, 0.2) is 5.82 Å². The molecule has 1 aliphatic rings. The molecule has 0 spiro atoms. The quantitative estimate of drug-likeness (QED) is 0.237. The van der Waals surface area contributed by atoms with Gasteiger partial charge >= 0.3 is 0 Å². The molecular weight excluding hydrogens is 602 g/mol. The minimum Gasteiger partial charge on any atom is -0.385 e. The molecule has 13 nitrogen and oxygen atoms in total. The average molecular weight is 639 g/mol. The van der Waals surface area contributed by atoms with E-state index in [1.54, 1.807) is 86.4 Å². The van der Waals surface area contributed by atoms with Crippen LogP contribution in [-0.2, 0) is 18.8 Å². The highest BCUT2D eigenvalue weighted by Crippen LogP contribution is 2.42. The van der Waals surface area contributed by atoms with Gasteiger partial charge in [-0.25, -0.2) is 4.98 Å². The lowest BCUT2D eigenvalue weighted by Gasteiger charge is -2.26. The first-order valence-electron chi connectivity index (χ1n) is 16.2. The number of amides is 3. The van der Waals surface area contributed by atoms with Gasteiger partial charge in [-0.15, -0.1) is 0 Å². The fourth-order valence-corrected chi connectivity index (χ4v) is 5.83. The van der Waals surface area contributed by atoms with E-state index in [0.29, 0.717) is 45.3 Å². The van der Waals surface area contributed by atoms with E-state index >= 15 is 0 Å². The molecule has 5 aromatic rings. The molecule has 240 valence electrons. The molecule has 13 heteroatoms. The second-order valence-electron chi connectivity index (χ2n) is 11.1. The van der Waals surface area contributed by atoms with Crippen molar-refractivity contribution in [3.8, 4) is 11.1 Å². The molecule has 0 fully saturated rings. The predicted octanol–water partition coefficient (Wildman–Crippen LogP) is 4.63. The van der Waals surface area contributed by atoms with Gasteiger partial charge in [-0.05, 0) is 62.2 Å². The van der Waals surface area contributed by atoms with Gasteiger partial charge in [0.2, 0.25) is 0 Å². The highest BCUT2D eigenvalue weighted by molar-refractivity contribution is 6.15. The van der Waals surface area contributed by atoms with Gasteiger partial charge in [0.05, 0.1) is 15.7 Å². The molecule has 0 aliphatic carbocycles. The van der Waals surface area contributed by atoms with Crippen molar-refractivity contribution in [2.45, 2.75) is 26.3 Å². The Hall–Kier alpha value is -5.82. The van der Waals surface area contributed by atoms with Crippen LogP contribution in [0.1, 0.15) is 64.8 Å². The first kappa shape index (κ1) is 27.5. The zero-order valence-electron chi connectivity index (χ0n) is 29.0. The molecule has 1 aliphatic heterocycles. The summed E-state index contributed by atoms with van der Waals surface area (Å²) < 4.78 is 35.7.